The molecular formula is C7H8ClF3N2. The zero-order valence-corrected chi connectivity index (χ0v) is 7.32. The minimum atomic E-state index is -4.31. The number of hydrogen-bond donors (Lipinski definition) is 1. The quantitative estimate of drug-likeness (QED) is 0.773. The minimum absolute atomic E-state index is 0. The lowest BCUT2D eigenvalue weighted by molar-refractivity contribution is -0.137. The van der Waals surface area contributed by atoms with E-state index in [0.29, 0.717) is 0 Å². The van der Waals surface area contributed by atoms with Gasteiger partial charge in [-0.3, -0.25) is 4.98 Å². The van der Waals surface area contributed by atoms with E-state index in [1.165, 1.54) is 0 Å². The maximum absolute atomic E-state index is 12.0. The van der Waals surface area contributed by atoms with Crippen molar-refractivity contribution < 1.29 is 13.2 Å². The highest BCUT2D eigenvalue weighted by Crippen LogP contribution is 2.28. The summed E-state index contributed by atoms with van der Waals surface area (Å²) < 4.78 is 36.1. The van der Waals surface area contributed by atoms with Crippen molar-refractivity contribution in [3.8, 4) is 0 Å². The monoisotopic (exact) mass is 212 g/mol. The summed E-state index contributed by atoms with van der Waals surface area (Å²) in [4.78, 5) is 3.65. The maximum Gasteiger partial charge on any atom is 0.416 e. The van der Waals surface area contributed by atoms with Gasteiger partial charge in [0.2, 0.25) is 0 Å². The van der Waals surface area contributed by atoms with Crippen molar-refractivity contribution >= 4 is 12.4 Å². The lowest BCUT2D eigenvalue weighted by Crippen LogP contribution is -2.07. The largest absolute Gasteiger partial charge is 0.416 e. The summed E-state index contributed by atoms with van der Waals surface area (Å²) >= 11 is 0. The van der Waals surface area contributed by atoms with Crippen molar-refractivity contribution in [1.82, 2.24) is 4.98 Å². The second-order valence-corrected chi connectivity index (χ2v) is 2.24. The molecule has 1 aromatic heterocycles. The molecule has 0 saturated carbocycles. The second-order valence-electron chi connectivity index (χ2n) is 2.24. The number of hydrogen-bond acceptors (Lipinski definition) is 2. The molecule has 0 aromatic carbocycles. The number of nitrogens with zero attached hydrogens (tertiary/aromatic N) is 1. The molecule has 1 aromatic rings. The summed E-state index contributed by atoms with van der Waals surface area (Å²) in [5.74, 6) is 0. The molecule has 6 heteroatoms. The van der Waals surface area contributed by atoms with Gasteiger partial charge in [0, 0.05) is 12.7 Å². The highest BCUT2D eigenvalue weighted by Gasteiger charge is 2.30. The van der Waals surface area contributed by atoms with E-state index in [9.17, 15) is 13.2 Å². The summed E-state index contributed by atoms with van der Waals surface area (Å²) in [5.41, 5.74) is 4.66. The van der Waals surface area contributed by atoms with E-state index in [2.05, 4.69) is 4.98 Å². The first-order chi connectivity index (χ1) is 5.54. The molecule has 0 aliphatic carbocycles. The fourth-order valence-corrected chi connectivity index (χ4v) is 0.766. The molecular weight excluding hydrogens is 205 g/mol. The summed E-state index contributed by atoms with van der Waals surface area (Å²) in [7, 11) is 0. The topological polar surface area (TPSA) is 38.9 Å². The molecule has 0 atom stereocenters. The Morgan fingerprint density at radius 1 is 1.38 bits per heavy atom. The Kier molecular flexibility index (Phi) is 4.16. The molecule has 0 aliphatic rings. The predicted molar refractivity (Wildman–Crippen MR) is 44.4 cm³/mol. The highest BCUT2D eigenvalue weighted by molar-refractivity contribution is 5.85. The van der Waals surface area contributed by atoms with E-state index in [-0.39, 0.29) is 24.6 Å². The van der Waals surface area contributed by atoms with Crippen LogP contribution in [0, 0.1) is 0 Å². The molecule has 13 heavy (non-hydrogen) atoms. The van der Waals surface area contributed by atoms with Gasteiger partial charge in [0.1, 0.15) is 0 Å². The molecule has 1 heterocycles. The molecule has 1 rings (SSSR count). The zero-order chi connectivity index (χ0) is 9.19. The van der Waals surface area contributed by atoms with Gasteiger partial charge in [-0.15, -0.1) is 12.4 Å². The van der Waals surface area contributed by atoms with Crippen molar-refractivity contribution in [1.29, 1.82) is 0 Å². The first-order valence-corrected chi connectivity index (χ1v) is 3.26. The van der Waals surface area contributed by atoms with E-state index >= 15 is 0 Å². The molecule has 0 unspecified atom stereocenters. The Labute approximate surface area is 79.4 Å². The number of rotatable bonds is 1. The third-order valence-corrected chi connectivity index (χ3v) is 1.35. The van der Waals surface area contributed by atoms with Gasteiger partial charge in [-0.1, -0.05) is 0 Å². The van der Waals surface area contributed by atoms with Crippen LogP contribution >= 0.6 is 12.4 Å². The fourth-order valence-electron chi connectivity index (χ4n) is 0.766. The molecule has 2 nitrogen and oxygen atoms in total. The molecule has 74 valence electrons. The SMILES string of the molecule is Cl.NCc1cc(C(F)(F)F)ccn1. The van der Waals surface area contributed by atoms with Gasteiger partial charge in [-0.25, -0.2) is 0 Å². The summed E-state index contributed by atoms with van der Waals surface area (Å²) in [5, 5.41) is 0. The Morgan fingerprint density at radius 3 is 2.46 bits per heavy atom. The molecule has 0 spiro atoms. The third-order valence-electron chi connectivity index (χ3n) is 1.35. The van der Waals surface area contributed by atoms with Gasteiger partial charge in [0.05, 0.1) is 11.3 Å². The Balaban J connectivity index is 0.00000144. The van der Waals surface area contributed by atoms with E-state index in [4.69, 9.17) is 5.73 Å². The summed E-state index contributed by atoms with van der Waals surface area (Å²) in [6.07, 6.45) is -3.21. The normalized spacial score (nSPS) is 10.8. The van der Waals surface area contributed by atoms with Crippen molar-refractivity contribution in [2.45, 2.75) is 12.7 Å². The Morgan fingerprint density at radius 2 is 2.00 bits per heavy atom. The lowest BCUT2D eigenvalue weighted by atomic mass is 10.2. The van der Waals surface area contributed by atoms with Crippen LogP contribution in [0.2, 0.25) is 0 Å². The number of pyridine rings is 1. The smallest absolute Gasteiger partial charge is 0.325 e. The molecule has 2 N–H and O–H groups in total. The van der Waals surface area contributed by atoms with Gasteiger partial charge in [0.15, 0.2) is 0 Å². The van der Waals surface area contributed by atoms with Crippen LogP contribution in [0.5, 0.6) is 0 Å². The van der Waals surface area contributed by atoms with Gasteiger partial charge < -0.3 is 5.73 Å². The number of nitrogens with two attached hydrogens (primary N) is 1. The van der Waals surface area contributed by atoms with Gasteiger partial charge in [-0.2, -0.15) is 13.2 Å². The van der Waals surface area contributed by atoms with Crippen LogP contribution in [0.15, 0.2) is 18.3 Å². The minimum Gasteiger partial charge on any atom is -0.325 e. The van der Waals surface area contributed by atoms with Gasteiger partial charge >= 0.3 is 6.18 Å². The third kappa shape index (κ3) is 3.20. The van der Waals surface area contributed by atoms with Crippen molar-refractivity contribution in [3.05, 3.63) is 29.6 Å². The van der Waals surface area contributed by atoms with Crippen molar-refractivity contribution in [2.24, 2.45) is 5.73 Å². The van der Waals surface area contributed by atoms with Crippen LogP contribution in [0.1, 0.15) is 11.3 Å². The van der Waals surface area contributed by atoms with Crippen molar-refractivity contribution in [2.75, 3.05) is 0 Å². The van der Waals surface area contributed by atoms with E-state index < -0.39 is 11.7 Å². The van der Waals surface area contributed by atoms with Crippen LogP contribution in [0.4, 0.5) is 13.2 Å². The van der Waals surface area contributed by atoms with Crippen LogP contribution in [-0.2, 0) is 12.7 Å². The number of aromatic nitrogens is 1. The van der Waals surface area contributed by atoms with E-state index in [1.807, 2.05) is 0 Å². The van der Waals surface area contributed by atoms with Crippen LogP contribution in [-0.4, -0.2) is 4.98 Å². The Bertz CT molecular complexity index is 275. The lowest BCUT2D eigenvalue weighted by Gasteiger charge is -2.06. The summed E-state index contributed by atoms with van der Waals surface area (Å²) in [6.45, 7) is 0.0178. The predicted octanol–water partition coefficient (Wildman–Crippen LogP) is 1.98. The van der Waals surface area contributed by atoms with Crippen molar-refractivity contribution in [3.63, 3.8) is 0 Å². The average molecular weight is 213 g/mol. The second kappa shape index (κ2) is 4.43. The molecule has 0 amide bonds. The molecule has 0 fully saturated rings. The molecule has 0 aliphatic heterocycles. The van der Waals surface area contributed by atoms with E-state index in [1.54, 1.807) is 0 Å². The molecule has 0 bridgehead atoms. The standard InChI is InChI=1S/C7H7F3N2.ClH/c8-7(9,10)5-1-2-12-6(3-5)4-11;/h1-3H,4,11H2;1H. The number of alkyl halides is 3. The van der Waals surface area contributed by atoms with Gasteiger partial charge in [0.25, 0.3) is 0 Å². The summed E-state index contributed by atoms with van der Waals surface area (Å²) in [6, 6.07) is 1.86. The molecule has 0 radical (unpaired) electrons. The Hall–Kier alpha value is -0.810. The highest BCUT2D eigenvalue weighted by atomic mass is 35.5. The number of halogens is 4. The van der Waals surface area contributed by atoms with Crippen LogP contribution < -0.4 is 5.73 Å². The first kappa shape index (κ1) is 12.2. The molecule has 0 saturated heterocycles. The zero-order valence-electron chi connectivity index (χ0n) is 6.51. The van der Waals surface area contributed by atoms with Crippen LogP contribution in [0.25, 0.3) is 0 Å². The average Bonchev–Trinajstić information content (AvgIpc) is 2.03. The van der Waals surface area contributed by atoms with Crippen LogP contribution in [0.3, 0.4) is 0 Å². The fraction of sp³-hybridized carbons (Fsp3) is 0.286. The van der Waals surface area contributed by atoms with Gasteiger partial charge in [-0.05, 0) is 12.1 Å². The van der Waals surface area contributed by atoms with E-state index in [0.717, 1.165) is 18.3 Å². The maximum atomic E-state index is 12.0. The first-order valence-electron chi connectivity index (χ1n) is 3.26.